The Balaban J connectivity index is 1.62. The van der Waals surface area contributed by atoms with Crippen molar-refractivity contribution in [1.82, 2.24) is 4.90 Å². The van der Waals surface area contributed by atoms with E-state index >= 15 is 0 Å². The molecule has 0 saturated carbocycles. The molecule has 0 N–H and O–H groups in total. The number of piperidine rings is 1. The van der Waals surface area contributed by atoms with Crippen molar-refractivity contribution >= 4 is 12.1 Å². The Morgan fingerprint density at radius 3 is 2.48 bits per heavy atom. The van der Waals surface area contributed by atoms with Crippen LogP contribution in [0.1, 0.15) is 30.0 Å². The molecule has 6 nitrogen and oxygen atoms in total. The van der Waals surface area contributed by atoms with Gasteiger partial charge in [0, 0.05) is 19.9 Å². The summed E-state index contributed by atoms with van der Waals surface area (Å²) in [6.45, 7) is 6.34. The largest absolute Gasteiger partial charge is 0.486 e. The van der Waals surface area contributed by atoms with Crippen LogP contribution in [0.25, 0.3) is 0 Å². The van der Waals surface area contributed by atoms with Crippen LogP contribution in [0.5, 0.6) is 5.75 Å². The van der Waals surface area contributed by atoms with Crippen LogP contribution in [0.2, 0.25) is 0 Å². The Bertz CT molecular complexity index is 852. The fraction of sp³-hybridized carbons (Fsp3) is 0.391. The summed E-state index contributed by atoms with van der Waals surface area (Å²) in [7, 11) is 0. The zero-order chi connectivity index (χ0) is 20.8. The maximum Gasteiger partial charge on any atom is 0.410 e. The molecule has 1 fully saturated rings. The summed E-state index contributed by atoms with van der Waals surface area (Å²) in [5.41, 5.74) is 3.24. The van der Waals surface area contributed by atoms with Gasteiger partial charge in [0.1, 0.15) is 18.5 Å². The first-order valence-electron chi connectivity index (χ1n) is 9.79. The van der Waals surface area contributed by atoms with Crippen LogP contribution in [-0.4, -0.2) is 42.3 Å². The van der Waals surface area contributed by atoms with Crippen LogP contribution in [0.4, 0.5) is 4.79 Å². The van der Waals surface area contributed by atoms with Gasteiger partial charge in [-0.25, -0.2) is 4.79 Å². The van der Waals surface area contributed by atoms with Crippen molar-refractivity contribution in [1.29, 1.82) is 0 Å². The first-order chi connectivity index (χ1) is 13.9. The molecule has 0 unspecified atom stereocenters. The second kappa shape index (κ2) is 9.45. The van der Waals surface area contributed by atoms with Gasteiger partial charge in [-0.3, -0.25) is 4.79 Å². The third-order valence-electron chi connectivity index (χ3n) is 5.05. The molecule has 154 valence electrons. The average Bonchev–Trinajstić information content (AvgIpc) is 2.70. The molecule has 3 rings (SSSR count). The van der Waals surface area contributed by atoms with Crippen molar-refractivity contribution in [2.24, 2.45) is 0 Å². The van der Waals surface area contributed by atoms with Crippen LogP contribution in [0, 0.1) is 13.8 Å². The Labute approximate surface area is 171 Å². The van der Waals surface area contributed by atoms with Crippen LogP contribution in [0.3, 0.4) is 0 Å². The zero-order valence-corrected chi connectivity index (χ0v) is 17.1. The molecule has 0 radical (unpaired) electrons. The highest BCUT2D eigenvalue weighted by atomic mass is 16.6. The summed E-state index contributed by atoms with van der Waals surface area (Å²) in [4.78, 5) is 25.6. The molecule has 1 heterocycles. The summed E-state index contributed by atoms with van der Waals surface area (Å²) in [5.74, 6) is 0.332. The van der Waals surface area contributed by atoms with Gasteiger partial charge in [0.15, 0.2) is 6.10 Å². The number of amides is 1. The van der Waals surface area contributed by atoms with Gasteiger partial charge < -0.3 is 19.1 Å². The topological polar surface area (TPSA) is 65.1 Å². The third-order valence-corrected chi connectivity index (χ3v) is 5.05. The molecule has 0 bridgehead atoms. The quantitative estimate of drug-likeness (QED) is 0.713. The van der Waals surface area contributed by atoms with Crippen LogP contribution in [0.15, 0.2) is 48.5 Å². The molecule has 0 aromatic heterocycles. The predicted molar refractivity (Wildman–Crippen MR) is 109 cm³/mol. The van der Waals surface area contributed by atoms with Crippen LogP contribution < -0.4 is 4.74 Å². The summed E-state index contributed by atoms with van der Waals surface area (Å²) in [6, 6.07) is 15.4. The number of esters is 1. The number of rotatable bonds is 5. The number of hydrogen-bond acceptors (Lipinski definition) is 5. The van der Waals surface area contributed by atoms with Crippen molar-refractivity contribution in [3.8, 4) is 5.75 Å². The van der Waals surface area contributed by atoms with E-state index in [-0.39, 0.29) is 19.3 Å². The van der Waals surface area contributed by atoms with Crippen LogP contribution in [-0.2, 0) is 20.9 Å². The summed E-state index contributed by atoms with van der Waals surface area (Å²) >= 11 is 0. The molecular weight excluding hydrogens is 370 g/mol. The molecule has 6 heteroatoms. The average molecular weight is 397 g/mol. The van der Waals surface area contributed by atoms with Crippen molar-refractivity contribution in [2.75, 3.05) is 13.1 Å². The molecule has 2 aromatic carbocycles. The van der Waals surface area contributed by atoms with Crippen molar-refractivity contribution < 1.29 is 23.8 Å². The number of carbonyl (C=O) groups excluding carboxylic acids is 2. The van der Waals surface area contributed by atoms with Gasteiger partial charge in [0.2, 0.25) is 0 Å². The fourth-order valence-corrected chi connectivity index (χ4v) is 3.29. The van der Waals surface area contributed by atoms with Gasteiger partial charge >= 0.3 is 12.1 Å². The summed E-state index contributed by atoms with van der Waals surface area (Å²) in [6.07, 6.45) is -0.743. The second-order valence-electron chi connectivity index (χ2n) is 7.33. The van der Waals surface area contributed by atoms with Crippen LogP contribution >= 0.6 is 0 Å². The van der Waals surface area contributed by atoms with Gasteiger partial charge in [-0.05, 0) is 42.7 Å². The standard InChI is InChI=1S/C23H27NO5/c1-16-9-10-20(13-17(16)2)29-21-11-12-24(14-22(21)28-18(3)25)23(26)27-15-19-7-5-4-6-8-19/h4-10,13,21-22H,11-12,14-15H2,1-3H3/t21-,22-/m0/s1. The molecule has 0 spiro atoms. The van der Waals surface area contributed by atoms with Gasteiger partial charge in [-0.2, -0.15) is 0 Å². The number of aryl methyl sites for hydroxylation is 2. The molecule has 29 heavy (non-hydrogen) atoms. The normalized spacial score (nSPS) is 18.8. The molecular formula is C23H27NO5. The highest BCUT2D eigenvalue weighted by molar-refractivity contribution is 5.68. The number of benzene rings is 2. The van der Waals surface area contributed by atoms with Gasteiger partial charge in [0.25, 0.3) is 0 Å². The first kappa shape index (κ1) is 20.7. The van der Waals surface area contributed by atoms with E-state index in [1.165, 1.54) is 12.5 Å². The number of ether oxygens (including phenoxy) is 3. The van der Waals surface area contributed by atoms with E-state index in [1.807, 2.05) is 62.4 Å². The SMILES string of the molecule is CC(=O)O[C@H]1CN(C(=O)OCc2ccccc2)CC[C@@H]1Oc1ccc(C)c(C)c1. The lowest BCUT2D eigenvalue weighted by Crippen LogP contribution is -2.52. The Kier molecular flexibility index (Phi) is 6.75. The number of likely N-dealkylation sites (tertiary alicyclic amines) is 1. The smallest absolute Gasteiger partial charge is 0.410 e. The molecule has 2 aromatic rings. The lowest BCUT2D eigenvalue weighted by Gasteiger charge is -2.37. The highest BCUT2D eigenvalue weighted by Crippen LogP contribution is 2.24. The Hall–Kier alpha value is -3.02. The molecule has 1 aliphatic heterocycles. The molecule has 1 amide bonds. The minimum Gasteiger partial charge on any atom is -0.486 e. The van der Waals surface area contributed by atoms with E-state index in [0.29, 0.717) is 13.0 Å². The maximum atomic E-state index is 12.5. The predicted octanol–water partition coefficient (Wildman–Crippen LogP) is 4.03. The van der Waals surface area contributed by atoms with Gasteiger partial charge in [-0.1, -0.05) is 36.4 Å². The zero-order valence-electron chi connectivity index (χ0n) is 17.1. The summed E-state index contributed by atoms with van der Waals surface area (Å²) in [5, 5.41) is 0. The number of hydrogen-bond donors (Lipinski definition) is 0. The number of carbonyl (C=O) groups is 2. The second-order valence-corrected chi connectivity index (χ2v) is 7.33. The lowest BCUT2D eigenvalue weighted by atomic mass is 10.0. The summed E-state index contributed by atoms with van der Waals surface area (Å²) < 4.78 is 17.0. The maximum absolute atomic E-state index is 12.5. The van der Waals surface area contributed by atoms with E-state index in [4.69, 9.17) is 14.2 Å². The van der Waals surface area contributed by atoms with Crippen molar-refractivity contribution in [2.45, 2.75) is 46.0 Å². The van der Waals surface area contributed by atoms with E-state index in [2.05, 4.69) is 0 Å². The minimum absolute atomic E-state index is 0.205. The Morgan fingerprint density at radius 2 is 1.79 bits per heavy atom. The van der Waals surface area contributed by atoms with E-state index in [9.17, 15) is 9.59 Å². The highest BCUT2D eigenvalue weighted by Gasteiger charge is 2.36. The number of nitrogens with zero attached hydrogens (tertiary/aromatic N) is 1. The van der Waals surface area contributed by atoms with Crippen molar-refractivity contribution in [3.05, 3.63) is 65.2 Å². The first-order valence-corrected chi connectivity index (χ1v) is 9.79. The molecule has 1 saturated heterocycles. The van der Waals surface area contributed by atoms with E-state index in [1.54, 1.807) is 4.90 Å². The Morgan fingerprint density at radius 1 is 1.03 bits per heavy atom. The minimum atomic E-state index is -0.549. The lowest BCUT2D eigenvalue weighted by molar-refractivity contribution is -0.155. The fourth-order valence-electron chi connectivity index (χ4n) is 3.29. The van der Waals surface area contributed by atoms with E-state index in [0.717, 1.165) is 16.9 Å². The van der Waals surface area contributed by atoms with E-state index < -0.39 is 18.2 Å². The molecule has 1 aliphatic rings. The monoisotopic (exact) mass is 397 g/mol. The van der Waals surface area contributed by atoms with Crippen molar-refractivity contribution in [3.63, 3.8) is 0 Å². The third kappa shape index (κ3) is 5.73. The molecule has 2 atom stereocenters. The van der Waals surface area contributed by atoms with Gasteiger partial charge in [-0.15, -0.1) is 0 Å². The van der Waals surface area contributed by atoms with Gasteiger partial charge in [0.05, 0.1) is 6.54 Å². The molecule has 0 aliphatic carbocycles.